The van der Waals surface area contributed by atoms with E-state index in [1.807, 2.05) is 13.8 Å². The molecule has 1 saturated heterocycles. The van der Waals surface area contributed by atoms with Gasteiger partial charge in [0, 0.05) is 38.0 Å². The molecule has 0 aliphatic carbocycles. The standard InChI is InChI=1S/C22H32FN7O/c1-3-18(25)19-20(26-10-13-31-4-2)21(27-17-7-5-6-15(23)14-17)29-22(28-19)30-11-8-16(24)9-12-30/h5-7,14,16,25-26H,3-4,8-13,24H2,1-2H3,(H,27,28,29). The zero-order valence-electron chi connectivity index (χ0n) is 18.2. The Morgan fingerprint density at radius 3 is 2.74 bits per heavy atom. The maximum absolute atomic E-state index is 13.8. The SMILES string of the molecule is CCOCCNc1c(Nc2cccc(F)c2)nc(N2CCC(N)CC2)nc1C(=N)CC. The summed E-state index contributed by atoms with van der Waals surface area (Å²) in [5.41, 5.74) is 8.19. The molecule has 1 fully saturated rings. The molecule has 9 heteroatoms. The molecule has 8 nitrogen and oxygen atoms in total. The molecule has 5 N–H and O–H groups in total. The number of ether oxygens (including phenoxy) is 1. The predicted molar refractivity (Wildman–Crippen MR) is 123 cm³/mol. The molecule has 1 aromatic carbocycles. The van der Waals surface area contributed by atoms with Crippen LogP contribution in [0.1, 0.15) is 38.8 Å². The minimum Gasteiger partial charge on any atom is -0.380 e. The lowest BCUT2D eigenvalue weighted by Gasteiger charge is -2.31. The molecule has 0 bridgehead atoms. The van der Waals surface area contributed by atoms with Gasteiger partial charge in [0.25, 0.3) is 0 Å². The van der Waals surface area contributed by atoms with E-state index in [2.05, 4.69) is 15.5 Å². The second-order valence-electron chi connectivity index (χ2n) is 7.51. The number of rotatable bonds is 10. The molecule has 1 aromatic heterocycles. The number of hydrogen-bond acceptors (Lipinski definition) is 8. The van der Waals surface area contributed by atoms with Crippen molar-refractivity contribution in [3.05, 3.63) is 35.8 Å². The Morgan fingerprint density at radius 2 is 2.06 bits per heavy atom. The third kappa shape index (κ3) is 6.11. The van der Waals surface area contributed by atoms with Crippen LogP contribution in [0.5, 0.6) is 0 Å². The fourth-order valence-electron chi connectivity index (χ4n) is 3.43. The lowest BCUT2D eigenvalue weighted by Crippen LogP contribution is -2.40. The number of nitrogens with one attached hydrogen (secondary N) is 3. The maximum Gasteiger partial charge on any atom is 0.228 e. The van der Waals surface area contributed by atoms with Crippen LogP contribution in [0.4, 0.5) is 27.5 Å². The molecule has 0 atom stereocenters. The van der Waals surface area contributed by atoms with Crippen molar-refractivity contribution in [3.8, 4) is 0 Å². The van der Waals surface area contributed by atoms with Crippen LogP contribution in [0.3, 0.4) is 0 Å². The van der Waals surface area contributed by atoms with Gasteiger partial charge in [0.1, 0.15) is 17.2 Å². The van der Waals surface area contributed by atoms with Crippen molar-refractivity contribution in [2.45, 2.75) is 39.2 Å². The van der Waals surface area contributed by atoms with Gasteiger partial charge in [-0.2, -0.15) is 4.98 Å². The average Bonchev–Trinajstić information content (AvgIpc) is 2.77. The van der Waals surface area contributed by atoms with Gasteiger partial charge in [-0.3, -0.25) is 0 Å². The first kappa shape index (κ1) is 22.9. The molecule has 0 spiro atoms. The van der Waals surface area contributed by atoms with Crippen LogP contribution in [0, 0.1) is 11.2 Å². The highest BCUT2D eigenvalue weighted by molar-refractivity contribution is 6.03. The Morgan fingerprint density at radius 1 is 1.29 bits per heavy atom. The zero-order chi connectivity index (χ0) is 22.2. The molecule has 0 amide bonds. The minimum absolute atomic E-state index is 0.189. The third-order valence-electron chi connectivity index (χ3n) is 5.20. The molecule has 1 aliphatic rings. The average molecular weight is 430 g/mol. The highest BCUT2D eigenvalue weighted by atomic mass is 19.1. The van der Waals surface area contributed by atoms with E-state index in [9.17, 15) is 4.39 Å². The summed E-state index contributed by atoms with van der Waals surface area (Å²) in [5, 5.41) is 15.0. The molecular weight excluding hydrogens is 397 g/mol. The van der Waals surface area contributed by atoms with Gasteiger partial charge in [0.15, 0.2) is 5.82 Å². The van der Waals surface area contributed by atoms with E-state index in [4.69, 9.17) is 25.8 Å². The number of nitrogens with zero attached hydrogens (tertiary/aromatic N) is 3. The lowest BCUT2D eigenvalue weighted by molar-refractivity contribution is 0.158. The van der Waals surface area contributed by atoms with E-state index < -0.39 is 0 Å². The van der Waals surface area contributed by atoms with Gasteiger partial charge >= 0.3 is 0 Å². The quantitative estimate of drug-likeness (QED) is 0.338. The Hall–Kier alpha value is -2.78. The Labute approximate surface area is 182 Å². The number of benzene rings is 1. The molecule has 0 saturated carbocycles. The number of anilines is 4. The Balaban J connectivity index is 2.00. The van der Waals surface area contributed by atoms with Crippen molar-refractivity contribution in [1.29, 1.82) is 5.41 Å². The molecule has 1 aliphatic heterocycles. The number of nitrogens with two attached hydrogens (primary N) is 1. The van der Waals surface area contributed by atoms with Crippen LogP contribution in [-0.2, 0) is 4.74 Å². The monoisotopic (exact) mass is 429 g/mol. The Kier molecular flexibility index (Phi) is 8.13. The highest BCUT2D eigenvalue weighted by Crippen LogP contribution is 2.30. The summed E-state index contributed by atoms with van der Waals surface area (Å²) in [7, 11) is 0. The number of piperidine rings is 1. The van der Waals surface area contributed by atoms with Crippen molar-refractivity contribution in [2.75, 3.05) is 48.4 Å². The summed E-state index contributed by atoms with van der Waals surface area (Å²) in [6.07, 6.45) is 2.26. The maximum atomic E-state index is 13.8. The highest BCUT2D eigenvalue weighted by Gasteiger charge is 2.23. The first-order valence-electron chi connectivity index (χ1n) is 10.9. The van der Waals surface area contributed by atoms with Crippen molar-refractivity contribution in [3.63, 3.8) is 0 Å². The molecule has 0 unspecified atom stereocenters. The zero-order valence-corrected chi connectivity index (χ0v) is 18.2. The van der Waals surface area contributed by atoms with E-state index in [1.165, 1.54) is 12.1 Å². The van der Waals surface area contributed by atoms with E-state index in [0.29, 0.717) is 60.7 Å². The van der Waals surface area contributed by atoms with Crippen LogP contribution in [0.25, 0.3) is 0 Å². The van der Waals surface area contributed by atoms with Crippen molar-refractivity contribution in [1.82, 2.24) is 9.97 Å². The summed E-state index contributed by atoms with van der Waals surface area (Å²) < 4.78 is 19.2. The second kappa shape index (κ2) is 11.0. The first-order chi connectivity index (χ1) is 15.0. The van der Waals surface area contributed by atoms with E-state index in [-0.39, 0.29) is 11.9 Å². The Bertz CT molecular complexity index is 884. The van der Waals surface area contributed by atoms with Crippen molar-refractivity contribution >= 4 is 28.9 Å². The van der Waals surface area contributed by atoms with Gasteiger partial charge in [0.2, 0.25) is 5.95 Å². The van der Waals surface area contributed by atoms with Crippen LogP contribution in [-0.4, -0.2) is 54.6 Å². The van der Waals surface area contributed by atoms with Gasteiger partial charge in [-0.15, -0.1) is 0 Å². The largest absolute Gasteiger partial charge is 0.380 e. The first-order valence-corrected chi connectivity index (χ1v) is 10.9. The van der Waals surface area contributed by atoms with Crippen LogP contribution in [0.2, 0.25) is 0 Å². The van der Waals surface area contributed by atoms with Gasteiger partial charge in [0.05, 0.1) is 12.3 Å². The minimum atomic E-state index is -0.336. The molecule has 168 valence electrons. The van der Waals surface area contributed by atoms with E-state index in [1.54, 1.807) is 12.1 Å². The van der Waals surface area contributed by atoms with Gasteiger partial charge in [-0.05, 0) is 44.4 Å². The fourth-order valence-corrected chi connectivity index (χ4v) is 3.43. The summed E-state index contributed by atoms with van der Waals surface area (Å²) in [4.78, 5) is 11.6. The van der Waals surface area contributed by atoms with Gasteiger partial charge < -0.3 is 31.4 Å². The molecule has 31 heavy (non-hydrogen) atoms. The molecule has 2 heterocycles. The summed E-state index contributed by atoms with van der Waals surface area (Å²) >= 11 is 0. The topological polar surface area (TPSA) is 112 Å². The summed E-state index contributed by atoms with van der Waals surface area (Å²) in [6.45, 7) is 7.07. The smallest absolute Gasteiger partial charge is 0.228 e. The van der Waals surface area contributed by atoms with Gasteiger partial charge in [-0.1, -0.05) is 13.0 Å². The number of aromatic nitrogens is 2. The molecule has 2 aromatic rings. The van der Waals surface area contributed by atoms with Crippen LogP contribution >= 0.6 is 0 Å². The normalized spacial score (nSPS) is 14.5. The summed E-state index contributed by atoms with van der Waals surface area (Å²) in [6, 6.07) is 6.42. The van der Waals surface area contributed by atoms with Crippen molar-refractivity contribution < 1.29 is 9.13 Å². The number of halogens is 1. The van der Waals surface area contributed by atoms with Crippen molar-refractivity contribution in [2.24, 2.45) is 5.73 Å². The summed E-state index contributed by atoms with van der Waals surface area (Å²) in [5.74, 6) is 0.723. The third-order valence-corrected chi connectivity index (χ3v) is 5.20. The number of hydrogen-bond donors (Lipinski definition) is 4. The van der Waals surface area contributed by atoms with Gasteiger partial charge in [-0.25, -0.2) is 9.37 Å². The predicted octanol–water partition coefficient (Wildman–Crippen LogP) is 3.51. The van der Waals surface area contributed by atoms with Crippen LogP contribution in [0.15, 0.2) is 24.3 Å². The molecular formula is C22H32FN7O. The molecule has 0 radical (unpaired) electrons. The van der Waals surface area contributed by atoms with E-state index in [0.717, 1.165) is 25.9 Å². The second-order valence-corrected chi connectivity index (χ2v) is 7.51. The fraction of sp³-hybridized carbons (Fsp3) is 0.500. The van der Waals surface area contributed by atoms with E-state index >= 15 is 0 Å². The van der Waals surface area contributed by atoms with Crippen LogP contribution < -0.4 is 21.3 Å². The lowest BCUT2D eigenvalue weighted by atomic mass is 10.1. The molecule has 3 rings (SSSR count).